The predicted molar refractivity (Wildman–Crippen MR) is 124 cm³/mol. The van der Waals surface area contributed by atoms with Crippen molar-refractivity contribution in [3.8, 4) is 0 Å². The van der Waals surface area contributed by atoms with E-state index in [4.69, 9.17) is 0 Å². The number of hydrogen-bond donors (Lipinski definition) is 0. The van der Waals surface area contributed by atoms with Crippen LogP contribution in [-0.2, 0) is 11.2 Å². The molecule has 0 amide bonds. The van der Waals surface area contributed by atoms with Crippen LogP contribution < -0.4 is 0 Å². The van der Waals surface area contributed by atoms with Crippen molar-refractivity contribution in [3.05, 3.63) is 35.4 Å². The lowest BCUT2D eigenvalue weighted by Gasteiger charge is -2.36. The molecule has 0 aliphatic heterocycles. The number of hydrogen-bond acceptors (Lipinski definition) is 1. The average Bonchev–Trinajstić information content (AvgIpc) is 2.78. The van der Waals surface area contributed by atoms with Gasteiger partial charge in [0.15, 0.2) is 0 Å². The lowest BCUT2D eigenvalue weighted by atomic mass is 9.68. The molecule has 2 fully saturated rings. The SMILES string of the molecule is CCCC[C@H]1CC[C@H](CCc2ccc(C3CCC(C=O)(CCC)CC3)cc2)CC1. The first-order chi connectivity index (χ1) is 14.2. The molecular weight excluding hydrogens is 352 g/mol. The van der Waals surface area contributed by atoms with E-state index in [1.54, 1.807) is 0 Å². The minimum Gasteiger partial charge on any atom is -0.303 e. The molecule has 2 aliphatic carbocycles. The highest BCUT2D eigenvalue weighted by atomic mass is 16.1. The molecule has 162 valence electrons. The van der Waals surface area contributed by atoms with Crippen LogP contribution in [0.25, 0.3) is 0 Å². The molecule has 0 atom stereocenters. The van der Waals surface area contributed by atoms with Crippen molar-refractivity contribution in [1.82, 2.24) is 0 Å². The van der Waals surface area contributed by atoms with E-state index in [9.17, 15) is 4.79 Å². The third kappa shape index (κ3) is 6.43. The third-order valence-electron chi connectivity index (χ3n) is 8.20. The summed E-state index contributed by atoms with van der Waals surface area (Å²) in [6.07, 6.45) is 20.8. The van der Waals surface area contributed by atoms with Crippen LogP contribution in [0.5, 0.6) is 0 Å². The van der Waals surface area contributed by atoms with Crippen molar-refractivity contribution in [2.24, 2.45) is 17.3 Å². The van der Waals surface area contributed by atoms with E-state index >= 15 is 0 Å². The number of aryl methyl sites for hydroxylation is 1. The van der Waals surface area contributed by atoms with Crippen LogP contribution in [0.15, 0.2) is 24.3 Å². The summed E-state index contributed by atoms with van der Waals surface area (Å²) in [6, 6.07) is 9.54. The van der Waals surface area contributed by atoms with E-state index in [0.717, 1.165) is 37.5 Å². The van der Waals surface area contributed by atoms with E-state index in [-0.39, 0.29) is 5.41 Å². The summed E-state index contributed by atoms with van der Waals surface area (Å²) >= 11 is 0. The molecule has 0 N–H and O–H groups in total. The zero-order valence-corrected chi connectivity index (χ0v) is 19.1. The normalized spacial score (nSPS) is 30.2. The molecule has 1 heteroatoms. The molecule has 3 rings (SSSR count). The van der Waals surface area contributed by atoms with Gasteiger partial charge in [-0.05, 0) is 73.8 Å². The number of rotatable bonds is 10. The molecule has 0 bridgehead atoms. The Balaban J connectivity index is 1.41. The summed E-state index contributed by atoms with van der Waals surface area (Å²) < 4.78 is 0. The lowest BCUT2D eigenvalue weighted by molar-refractivity contribution is -0.118. The van der Waals surface area contributed by atoms with Gasteiger partial charge in [0, 0.05) is 5.41 Å². The smallest absolute Gasteiger partial charge is 0.126 e. The Morgan fingerprint density at radius 1 is 0.862 bits per heavy atom. The Morgan fingerprint density at radius 2 is 1.48 bits per heavy atom. The number of carbonyl (C=O) groups is 1. The van der Waals surface area contributed by atoms with Gasteiger partial charge in [0.05, 0.1) is 0 Å². The summed E-state index contributed by atoms with van der Waals surface area (Å²) in [7, 11) is 0. The maximum atomic E-state index is 11.6. The first-order valence-electron chi connectivity index (χ1n) is 12.7. The summed E-state index contributed by atoms with van der Waals surface area (Å²) in [4.78, 5) is 11.6. The van der Waals surface area contributed by atoms with E-state index in [1.807, 2.05) is 0 Å². The molecular formula is C28H44O. The van der Waals surface area contributed by atoms with Crippen LogP contribution in [0.3, 0.4) is 0 Å². The minimum absolute atomic E-state index is 0.0132. The van der Waals surface area contributed by atoms with E-state index in [2.05, 4.69) is 38.1 Å². The second kappa shape index (κ2) is 11.3. The standard InChI is InChI=1S/C28H44O/c1-3-5-6-23-7-9-24(10-8-23)11-12-25-13-15-26(16-14-25)27-17-20-28(22-29,19-4-2)21-18-27/h13-16,22-24,27H,3-12,17-21H2,1-2H3/t23-,24-,27?,28?. The van der Waals surface area contributed by atoms with Gasteiger partial charge in [-0.1, -0.05) is 89.5 Å². The molecule has 1 aromatic rings. The van der Waals surface area contributed by atoms with Crippen molar-refractivity contribution in [2.75, 3.05) is 0 Å². The fraction of sp³-hybridized carbons (Fsp3) is 0.750. The number of carbonyl (C=O) groups excluding carboxylic acids is 1. The summed E-state index contributed by atoms with van der Waals surface area (Å²) in [5, 5.41) is 0. The Hall–Kier alpha value is -1.11. The van der Waals surface area contributed by atoms with Gasteiger partial charge in [-0.15, -0.1) is 0 Å². The molecule has 0 aromatic heterocycles. The van der Waals surface area contributed by atoms with Crippen molar-refractivity contribution in [3.63, 3.8) is 0 Å². The zero-order chi connectivity index (χ0) is 20.5. The Labute approximate surface area is 180 Å². The summed E-state index contributed by atoms with van der Waals surface area (Å²) in [6.45, 7) is 4.52. The molecule has 0 spiro atoms. The quantitative estimate of drug-likeness (QED) is 0.364. The number of aldehydes is 1. The first-order valence-corrected chi connectivity index (χ1v) is 12.7. The fourth-order valence-corrected chi connectivity index (χ4v) is 6.08. The number of benzene rings is 1. The molecule has 29 heavy (non-hydrogen) atoms. The van der Waals surface area contributed by atoms with Gasteiger partial charge in [-0.25, -0.2) is 0 Å². The third-order valence-corrected chi connectivity index (χ3v) is 8.20. The predicted octanol–water partition coefficient (Wildman–Crippen LogP) is 8.26. The van der Waals surface area contributed by atoms with E-state index < -0.39 is 0 Å². The topological polar surface area (TPSA) is 17.1 Å². The van der Waals surface area contributed by atoms with Crippen LogP contribution in [0.2, 0.25) is 0 Å². The lowest BCUT2D eigenvalue weighted by Crippen LogP contribution is -2.28. The van der Waals surface area contributed by atoms with E-state index in [1.165, 1.54) is 88.0 Å². The van der Waals surface area contributed by atoms with Gasteiger partial charge in [0.2, 0.25) is 0 Å². The van der Waals surface area contributed by atoms with Gasteiger partial charge >= 0.3 is 0 Å². The fourth-order valence-electron chi connectivity index (χ4n) is 6.08. The van der Waals surface area contributed by atoms with Gasteiger partial charge in [-0.3, -0.25) is 0 Å². The molecule has 2 saturated carbocycles. The maximum absolute atomic E-state index is 11.6. The second-order valence-electron chi connectivity index (χ2n) is 10.3. The number of unbranched alkanes of at least 4 members (excludes halogenated alkanes) is 1. The van der Waals surface area contributed by atoms with Crippen LogP contribution in [0, 0.1) is 17.3 Å². The summed E-state index contributed by atoms with van der Waals surface area (Å²) in [5.41, 5.74) is 3.01. The Kier molecular flexibility index (Phi) is 8.82. The Morgan fingerprint density at radius 3 is 2.03 bits per heavy atom. The Bertz CT molecular complexity index is 585. The van der Waals surface area contributed by atoms with Crippen molar-refractivity contribution in [2.45, 2.75) is 116 Å². The van der Waals surface area contributed by atoms with Gasteiger partial charge in [-0.2, -0.15) is 0 Å². The van der Waals surface area contributed by atoms with Crippen LogP contribution >= 0.6 is 0 Å². The monoisotopic (exact) mass is 396 g/mol. The van der Waals surface area contributed by atoms with Crippen molar-refractivity contribution in [1.29, 1.82) is 0 Å². The highest BCUT2D eigenvalue weighted by Crippen LogP contribution is 2.44. The van der Waals surface area contributed by atoms with E-state index in [0.29, 0.717) is 5.92 Å². The van der Waals surface area contributed by atoms with Crippen LogP contribution in [0.1, 0.15) is 121 Å². The zero-order valence-electron chi connectivity index (χ0n) is 19.1. The molecule has 1 nitrogen and oxygen atoms in total. The molecule has 0 radical (unpaired) electrons. The molecule has 0 heterocycles. The minimum atomic E-state index is -0.0132. The first kappa shape index (κ1) is 22.6. The molecule has 0 unspecified atom stereocenters. The summed E-state index contributed by atoms with van der Waals surface area (Å²) in [5.74, 6) is 2.64. The van der Waals surface area contributed by atoms with Crippen molar-refractivity contribution >= 4 is 6.29 Å². The van der Waals surface area contributed by atoms with Gasteiger partial charge in [0.1, 0.15) is 6.29 Å². The van der Waals surface area contributed by atoms with Crippen molar-refractivity contribution < 1.29 is 4.79 Å². The van der Waals surface area contributed by atoms with Gasteiger partial charge < -0.3 is 4.79 Å². The van der Waals surface area contributed by atoms with Crippen LogP contribution in [-0.4, -0.2) is 6.29 Å². The highest BCUT2D eigenvalue weighted by Gasteiger charge is 2.34. The van der Waals surface area contributed by atoms with Crippen LogP contribution in [0.4, 0.5) is 0 Å². The molecule has 2 aliphatic rings. The van der Waals surface area contributed by atoms with Gasteiger partial charge in [0.25, 0.3) is 0 Å². The highest BCUT2D eigenvalue weighted by molar-refractivity contribution is 5.59. The molecule has 1 aromatic carbocycles. The average molecular weight is 397 g/mol. The second-order valence-corrected chi connectivity index (χ2v) is 10.3. The maximum Gasteiger partial charge on any atom is 0.126 e. The largest absolute Gasteiger partial charge is 0.303 e. The molecule has 0 saturated heterocycles.